The second-order valence-electron chi connectivity index (χ2n) is 6.55. The van der Waals surface area contributed by atoms with Crippen LogP contribution in [0.1, 0.15) is 52.2 Å². The van der Waals surface area contributed by atoms with Crippen molar-refractivity contribution >= 4 is 29.9 Å². The number of ether oxygens (including phenoxy) is 2. The molecule has 6 heteroatoms. The van der Waals surface area contributed by atoms with Crippen LogP contribution in [-0.4, -0.2) is 38.4 Å². The Balaban J connectivity index is 0.00000676. The Morgan fingerprint density at radius 1 is 1.04 bits per heavy atom. The molecule has 1 aromatic carbocycles. The van der Waals surface area contributed by atoms with Gasteiger partial charge in [0.1, 0.15) is 0 Å². The van der Waals surface area contributed by atoms with Crippen molar-refractivity contribution < 1.29 is 9.47 Å². The van der Waals surface area contributed by atoms with Crippen LogP contribution in [0.15, 0.2) is 29.3 Å². The van der Waals surface area contributed by atoms with E-state index < -0.39 is 0 Å². The van der Waals surface area contributed by atoms with E-state index in [1.54, 1.807) is 0 Å². The Hall–Kier alpha value is -0.860. The first-order valence-electron chi connectivity index (χ1n) is 9.90. The zero-order valence-corrected chi connectivity index (χ0v) is 19.9. The number of rotatable bonds is 12. The van der Waals surface area contributed by atoms with Crippen LogP contribution in [0.4, 0.5) is 0 Å². The molecule has 156 valence electrons. The van der Waals surface area contributed by atoms with Crippen molar-refractivity contribution in [1.82, 2.24) is 10.6 Å². The van der Waals surface area contributed by atoms with Crippen molar-refractivity contribution in [3.63, 3.8) is 0 Å². The lowest BCUT2D eigenvalue weighted by molar-refractivity contribution is 0.0258. The predicted octanol–water partition coefficient (Wildman–Crippen LogP) is 4.35. The molecule has 0 spiro atoms. The molecule has 0 radical (unpaired) electrons. The Morgan fingerprint density at radius 2 is 1.74 bits per heavy atom. The Bertz CT molecular complexity index is 524. The first kappa shape index (κ1) is 26.1. The molecule has 0 aliphatic carbocycles. The lowest BCUT2D eigenvalue weighted by Crippen LogP contribution is -2.39. The number of nitrogens with one attached hydrogen (secondary N) is 2. The summed E-state index contributed by atoms with van der Waals surface area (Å²) < 4.78 is 11.4. The minimum Gasteiger partial charge on any atom is -0.378 e. The summed E-state index contributed by atoms with van der Waals surface area (Å²) in [7, 11) is 0. The summed E-state index contributed by atoms with van der Waals surface area (Å²) in [6, 6.07) is 8.32. The highest BCUT2D eigenvalue weighted by Gasteiger charge is 2.13. The normalized spacial score (nSPS) is 12.6. The Kier molecular flexibility index (Phi) is 15.6. The molecule has 5 nitrogen and oxygen atoms in total. The highest BCUT2D eigenvalue weighted by molar-refractivity contribution is 14.0. The van der Waals surface area contributed by atoms with Gasteiger partial charge in [-0.15, -0.1) is 24.0 Å². The molecule has 1 rings (SSSR count). The van der Waals surface area contributed by atoms with Crippen LogP contribution in [0.25, 0.3) is 0 Å². The van der Waals surface area contributed by atoms with E-state index in [9.17, 15) is 0 Å². The van der Waals surface area contributed by atoms with Crippen LogP contribution in [0.3, 0.4) is 0 Å². The molecule has 2 N–H and O–H groups in total. The molecule has 1 aromatic rings. The monoisotopic (exact) mass is 491 g/mol. The standard InChI is InChI=1S/C21H37N3O2.HI/c1-6-22-21(23-14-13-20(17(4)5)26-8-3)24-15-18-11-9-10-12-19(18)16-25-7-2;/h9-12,17,20H,6-8,13-16H2,1-5H3,(H2,22,23,24);1H. The third kappa shape index (κ3) is 10.9. The van der Waals surface area contributed by atoms with E-state index in [1.165, 1.54) is 11.1 Å². The van der Waals surface area contributed by atoms with Gasteiger partial charge in [0.2, 0.25) is 0 Å². The minimum absolute atomic E-state index is 0. The lowest BCUT2D eigenvalue weighted by Gasteiger charge is -2.21. The highest BCUT2D eigenvalue weighted by atomic mass is 127. The molecule has 1 unspecified atom stereocenters. The van der Waals surface area contributed by atoms with Gasteiger partial charge in [-0.05, 0) is 44.2 Å². The number of guanidine groups is 1. The topological polar surface area (TPSA) is 54.9 Å². The number of halogens is 1. The zero-order chi connectivity index (χ0) is 19.2. The van der Waals surface area contributed by atoms with Gasteiger partial charge in [-0.3, -0.25) is 0 Å². The van der Waals surface area contributed by atoms with Crippen LogP contribution < -0.4 is 10.6 Å². The van der Waals surface area contributed by atoms with Crippen LogP contribution in [-0.2, 0) is 22.6 Å². The SMILES string of the molecule is CCNC(=NCc1ccccc1COCC)NCCC(OCC)C(C)C.I. The van der Waals surface area contributed by atoms with E-state index in [4.69, 9.17) is 14.5 Å². The summed E-state index contributed by atoms with van der Waals surface area (Å²) in [5.41, 5.74) is 2.40. The van der Waals surface area contributed by atoms with E-state index in [1.807, 2.05) is 19.9 Å². The molecule has 0 aliphatic rings. The molecular weight excluding hydrogens is 453 g/mol. The number of benzene rings is 1. The van der Waals surface area contributed by atoms with Crippen LogP contribution >= 0.6 is 24.0 Å². The van der Waals surface area contributed by atoms with Crippen LogP contribution in [0, 0.1) is 5.92 Å². The van der Waals surface area contributed by atoms with Crippen molar-refractivity contribution in [2.45, 2.75) is 60.3 Å². The summed E-state index contributed by atoms with van der Waals surface area (Å²) in [6.07, 6.45) is 1.25. The van der Waals surface area contributed by atoms with Crippen molar-refractivity contribution in [2.24, 2.45) is 10.9 Å². The first-order valence-corrected chi connectivity index (χ1v) is 9.90. The third-order valence-corrected chi connectivity index (χ3v) is 4.18. The average Bonchev–Trinajstić information content (AvgIpc) is 2.64. The summed E-state index contributed by atoms with van der Waals surface area (Å²) >= 11 is 0. The molecule has 0 heterocycles. The quantitative estimate of drug-likeness (QED) is 0.260. The van der Waals surface area contributed by atoms with E-state index in [-0.39, 0.29) is 30.1 Å². The second-order valence-corrected chi connectivity index (χ2v) is 6.55. The Morgan fingerprint density at radius 3 is 2.33 bits per heavy atom. The van der Waals surface area contributed by atoms with Gasteiger partial charge in [0.15, 0.2) is 5.96 Å². The smallest absolute Gasteiger partial charge is 0.191 e. The van der Waals surface area contributed by atoms with E-state index in [2.05, 4.69) is 49.6 Å². The second kappa shape index (κ2) is 16.1. The fourth-order valence-corrected chi connectivity index (χ4v) is 2.73. The molecular formula is C21H38IN3O2. The van der Waals surface area contributed by atoms with E-state index in [0.717, 1.165) is 38.7 Å². The number of hydrogen-bond donors (Lipinski definition) is 2. The Labute approximate surface area is 182 Å². The largest absolute Gasteiger partial charge is 0.378 e. The number of aliphatic imine (C=N–C) groups is 1. The maximum absolute atomic E-state index is 5.81. The fourth-order valence-electron chi connectivity index (χ4n) is 2.73. The fraction of sp³-hybridized carbons (Fsp3) is 0.667. The van der Waals surface area contributed by atoms with Gasteiger partial charge < -0.3 is 20.1 Å². The molecule has 0 saturated carbocycles. The van der Waals surface area contributed by atoms with Crippen LogP contribution in [0.5, 0.6) is 0 Å². The van der Waals surface area contributed by atoms with Gasteiger partial charge in [-0.1, -0.05) is 38.1 Å². The van der Waals surface area contributed by atoms with Crippen molar-refractivity contribution in [1.29, 1.82) is 0 Å². The van der Waals surface area contributed by atoms with Gasteiger partial charge in [-0.25, -0.2) is 4.99 Å². The number of hydrogen-bond acceptors (Lipinski definition) is 3. The van der Waals surface area contributed by atoms with Crippen LogP contribution in [0.2, 0.25) is 0 Å². The molecule has 0 bridgehead atoms. The molecule has 0 amide bonds. The summed E-state index contributed by atoms with van der Waals surface area (Å²) in [5.74, 6) is 1.36. The molecule has 0 saturated heterocycles. The third-order valence-electron chi connectivity index (χ3n) is 4.18. The molecule has 0 aliphatic heterocycles. The van der Waals surface area contributed by atoms with Crippen molar-refractivity contribution in [3.8, 4) is 0 Å². The van der Waals surface area contributed by atoms with Gasteiger partial charge in [-0.2, -0.15) is 0 Å². The van der Waals surface area contributed by atoms with E-state index in [0.29, 0.717) is 19.1 Å². The molecule has 27 heavy (non-hydrogen) atoms. The predicted molar refractivity (Wildman–Crippen MR) is 125 cm³/mol. The zero-order valence-electron chi connectivity index (χ0n) is 17.6. The molecule has 0 fully saturated rings. The summed E-state index contributed by atoms with van der Waals surface area (Å²) in [4.78, 5) is 4.74. The van der Waals surface area contributed by atoms with Crippen molar-refractivity contribution in [3.05, 3.63) is 35.4 Å². The molecule has 1 atom stereocenters. The average molecular weight is 491 g/mol. The number of nitrogens with zero attached hydrogens (tertiary/aromatic N) is 1. The van der Waals surface area contributed by atoms with E-state index >= 15 is 0 Å². The van der Waals surface area contributed by atoms with Crippen molar-refractivity contribution in [2.75, 3.05) is 26.3 Å². The maximum Gasteiger partial charge on any atom is 0.191 e. The lowest BCUT2D eigenvalue weighted by atomic mass is 10.0. The van der Waals surface area contributed by atoms with Gasteiger partial charge in [0, 0.05) is 26.3 Å². The highest BCUT2D eigenvalue weighted by Crippen LogP contribution is 2.12. The maximum atomic E-state index is 5.81. The molecule has 0 aromatic heterocycles. The summed E-state index contributed by atoms with van der Waals surface area (Å²) in [6.45, 7) is 15.0. The van der Waals surface area contributed by atoms with Gasteiger partial charge >= 0.3 is 0 Å². The summed E-state index contributed by atoms with van der Waals surface area (Å²) in [5, 5.41) is 6.74. The van der Waals surface area contributed by atoms with Gasteiger partial charge in [0.05, 0.1) is 19.3 Å². The minimum atomic E-state index is 0. The van der Waals surface area contributed by atoms with Gasteiger partial charge in [0.25, 0.3) is 0 Å². The first-order chi connectivity index (χ1) is 12.6.